The van der Waals surface area contributed by atoms with Gasteiger partial charge in [0.05, 0.1) is 5.75 Å². The Morgan fingerprint density at radius 1 is 0.902 bits per heavy atom. The van der Waals surface area contributed by atoms with E-state index in [4.69, 9.17) is 9.47 Å². The molecule has 11 heteroatoms. The molecule has 1 aliphatic rings. The standard InChI is InChI=1S/C30H26F2N4O4S/c1-18-13-19(2)34-30(33-18)41-16-27(37)36(15-20-3-7-22(31)8-4-20)28(21-5-9-23(32)10-6-21)29(38)35-24-11-12-25-26(14-24)40-17-39-25/h3-14,28H,15-17H2,1-2H3,(H,35,38)/t28-/m1/s1. The molecule has 3 aromatic carbocycles. The molecule has 2 heterocycles. The van der Waals surface area contributed by atoms with Crippen molar-refractivity contribution >= 4 is 29.3 Å². The summed E-state index contributed by atoms with van der Waals surface area (Å²) in [5, 5.41) is 3.28. The number of rotatable bonds is 9. The molecule has 5 rings (SSSR count). The fourth-order valence-corrected chi connectivity index (χ4v) is 5.22. The van der Waals surface area contributed by atoms with Gasteiger partial charge in [-0.15, -0.1) is 0 Å². The topological polar surface area (TPSA) is 93.7 Å². The van der Waals surface area contributed by atoms with E-state index in [1.54, 1.807) is 30.3 Å². The van der Waals surface area contributed by atoms with Gasteiger partial charge in [0, 0.05) is 29.7 Å². The second-order valence-corrected chi connectivity index (χ2v) is 10.3. The number of ether oxygens (including phenoxy) is 2. The summed E-state index contributed by atoms with van der Waals surface area (Å²) < 4.78 is 38.3. The molecule has 0 spiro atoms. The largest absolute Gasteiger partial charge is 0.454 e. The molecule has 0 saturated carbocycles. The van der Waals surface area contributed by atoms with Gasteiger partial charge in [0.1, 0.15) is 17.7 Å². The van der Waals surface area contributed by atoms with Crippen molar-refractivity contribution in [1.29, 1.82) is 0 Å². The van der Waals surface area contributed by atoms with E-state index in [9.17, 15) is 18.4 Å². The first-order valence-electron chi connectivity index (χ1n) is 12.7. The SMILES string of the molecule is Cc1cc(C)nc(SCC(=O)N(Cc2ccc(F)cc2)[C@@H](C(=O)Nc2ccc3c(c2)OCO3)c2ccc(F)cc2)n1. The number of fused-ring (bicyclic) bond motifs is 1. The molecule has 0 unspecified atom stereocenters. The number of aryl methyl sites for hydroxylation is 2. The minimum atomic E-state index is -1.15. The van der Waals surface area contributed by atoms with Crippen LogP contribution in [0.3, 0.4) is 0 Å². The van der Waals surface area contributed by atoms with Gasteiger partial charge in [0.2, 0.25) is 12.7 Å². The molecule has 4 aromatic rings. The van der Waals surface area contributed by atoms with Crippen LogP contribution in [0.25, 0.3) is 0 Å². The van der Waals surface area contributed by atoms with Gasteiger partial charge in [-0.2, -0.15) is 0 Å². The summed E-state index contributed by atoms with van der Waals surface area (Å²) >= 11 is 1.15. The van der Waals surface area contributed by atoms with Crippen LogP contribution in [0, 0.1) is 25.5 Å². The number of hydrogen-bond donors (Lipinski definition) is 1. The number of nitrogens with zero attached hydrogens (tertiary/aromatic N) is 3. The van der Waals surface area contributed by atoms with Crippen molar-refractivity contribution < 1.29 is 27.8 Å². The van der Waals surface area contributed by atoms with Gasteiger partial charge in [-0.25, -0.2) is 18.7 Å². The van der Waals surface area contributed by atoms with Crippen molar-refractivity contribution in [1.82, 2.24) is 14.9 Å². The normalized spacial score (nSPS) is 12.6. The van der Waals surface area contributed by atoms with E-state index in [0.717, 1.165) is 23.1 Å². The molecule has 1 aliphatic heterocycles. The van der Waals surface area contributed by atoms with E-state index in [-0.39, 0.29) is 19.1 Å². The van der Waals surface area contributed by atoms with Crippen molar-refractivity contribution in [2.24, 2.45) is 0 Å². The van der Waals surface area contributed by atoms with Crippen LogP contribution in [-0.2, 0) is 16.1 Å². The molecule has 0 fully saturated rings. The molecule has 2 amide bonds. The third-order valence-corrected chi connectivity index (χ3v) is 7.09. The van der Waals surface area contributed by atoms with Crippen molar-refractivity contribution in [2.45, 2.75) is 31.6 Å². The summed E-state index contributed by atoms with van der Waals surface area (Å²) in [6, 6.07) is 16.7. The molecule has 8 nitrogen and oxygen atoms in total. The van der Waals surface area contributed by atoms with Gasteiger partial charge in [0.25, 0.3) is 5.91 Å². The van der Waals surface area contributed by atoms with Crippen LogP contribution in [-0.4, -0.2) is 39.2 Å². The number of benzene rings is 3. The highest BCUT2D eigenvalue weighted by Gasteiger charge is 2.32. The van der Waals surface area contributed by atoms with Crippen molar-refractivity contribution in [2.75, 3.05) is 17.9 Å². The van der Waals surface area contributed by atoms with Crippen LogP contribution in [0.2, 0.25) is 0 Å². The highest BCUT2D eigenvalue weighted by molar-refractivity contribution is 7.99. The number of halogens is 2. The first-order chi connectivity index (χ1) is 19.7. The van der Waals surface area contributed by atoms with E-state index in [1.165, 1.54) is 41.3 Å². The Bertz CT molecular complexity index is 1550. The number of nitrogens with one attached hydrogen (secondary N) is 1. The number of amides is 2. The number of hydrogen-bond acceptors (Lipinski definition) is 7. The van der Waals surface area contributed by atoms with Crippen molar-refractivity contribution in [3.05, 3.63) is 107 Å². The molecule has 1 aromatic heterocycles. The zero-order valence-corrected chi connectivity index (χ0v) is 23.1. The number of carbonyl (C=O) groups excluding carboxylic acids is 2. The third kappa shape index (κ3) is 6.98. The first kappa shape index (κ1) is 28.0. The second-order valence-electron chi connectivity index (χ2n) is 9.38. The van der Waals surface area contributed by atoms with Crippen LogP contribution in [0.1, 0.15) is 28.6 Å². The summed E-state index contributed by atoms with van der Waals surface area (Å²) in [5.41, 5.74) is 2.97. The van der Waals surface area contributed by atoms with Crippen LogP contribution >= 0.6 is 11.8 Å². The molecule has 1 N–H and O–H groups in total. The van der Waals surface area contributed by atoms with E-state index in [2.05, 4.69) is 15.3 Å². The Balaban J connectivity index is 1.48. The zero-order chi connectivity index (χ0) is 28.9. The lowest BCUT2D eigenvalue weighted by molar-refractivity contribution is -0.137. The predicted octanol–water partition coefficient (Wildman–Crippen LogP) is 5.60. The van der Waals surface area contributed by atoms with Crippen molar-refractivity contribution in [3.63, 3.8) is 0 Å². The second kappa shape index (κ2) is 12.3. The highest BCUT2D eigenvalue weighted by Crippen LogP contribution is 2.35. The van der Waals surface area contributed by atoms with Gasteiger partial charge in [-0.3, -0.25) is 9.59 Å². The smallest absolute Gasteiger partial charge is 0.251 e. The molecular weight excluding hydrogens is 550 g/mol. The maximum absolute atomic E-state index is 13.9. The minimum Gasteiger partial charge on any atom is -0.454 e. The zero-order valence-electron chi connectivity index (χ0n) is 22.3. The maximum Gasteiger partial charge on any atom is 0.251 e. The quantitative estimate of drug-likeness (QED) is 0.205. The summed E-state index contributed by atoms with van der Waals surface area (Å²) in [7, 11) is 0. The molecule has 1 atom stereocenters. The lowest BCUT2D eigenvalue weighted by Gasteiger charge is -2.31. The molecule has 0 bridgehead atoms. The Labute approximate surface area is 239 Å². The van der Waals surface area contributed by atoms with E-state index < -0.39 is 29.5 Å². The third-order valence-electron chi connectivity index (χ3n) is 6.26. The van der Waals surface area contributed by atoms with Crippen LogP contribution in [0.15, 0.2) is 78.0 Å². The van der Waals surface area contributed by atoms with E-state index in [0.29, 0.717) is 33.5 Å². The lowest BCUT2D eigenvalue weighted by atomic mass is 10.0. The molecule has 0 saturated heterocycles. The molecular formula is C30H26F2N4O4S. The fourth-order valence-electron chi connectivity index (χ4n) is 4.38. The van der Waals surface area contributed by atoms with Gasteiger partial charge in [-0.1, -0.05) is 36.0 Å². The number of thioether (sulfide) groups is 1. The number of anilines is 1. The Morgan fingerprint density at radius 2 is 1.54 bits per heavy atom. The highest BCUT2D eigenvalue weighted by atomic mass is 32.2. The van der Waals surface area contributed by atoms with Gasteiger partial charge in [0.15, 0.2) is 16.7 Å². The van der Waals surface area contributed by atoms with Gasteiger partial charge >= 0.3 is 0 Å². The maximum atomic E-state index is 13.9. The summed E-state index contributed by atoms with van der Waals surface area (Å²) in [5.74, 6) is -0.871. The number of carbonyl (C=O) groups is 2. The van der Waals surface area contributed by atoms with Gasteiger partial charge < -0.3 is 19.7 Å². The summed E-state index contributed by atoms with van der Waals surface area (Å²) in [4.78, 5) is 37.9. The van der Waals surface area contributed by atoms with Crippen LogP contribution in [0.4, 0.5) is 14.5 Å². The first-order valence-corrected chi connectivity index (χ1v) is 13.7. The van der Waals surface area contributed by atoms with E-state index in [1.807, 2.05) is 19.9 Å². The number of aromatic nitrogens is 2. The van der Waals surface area contributed by atoms with Crippen LogP contribution < -0.4 is 14.8 Å². The molecule has 41 heavy (non-hydrogen) atoms. The summed E-state index contributed by atoms with van der Waals surface area (Å²) in [6.07, 6.45) is 0. The Hall–Kier alpha value is -4.51. The predicted molar refractivity (Wildman–Crippen MR) is 150 cm³/mol. The van der Waals surface area contributed by atoms with E-state index >= 15 is 0 Å². The summed E-state index contributed by atoms with van der Waals surface area (Å²) in [6.45, 7) is 3.75. The van der Waals surface area contributed by atoms with Crippen molar-refractivity contribution in [3.8, 4) is 11.5 Å². The fraction of sp³-hybridized carbons (Fsp3) is 0.200. The average Bonchev–Trinajstić information content (AvgIpc) is 3.41. The average molecular weight is 577 g/mol. The monoisotopic (exact) mass is 576 g/mol. The Morgan fingerprint density at radius 3 is 2.22 bits per heavy atom. The lowest BCUT2D eigenvalue weighted by Crippen LogP contribution is -2.41. The molecule has 0 aliphatic carbocycles. The molecule has 210 valence electrons. The Kier molecular flexibility index (Phi) is 8.44. The minimum absolute atomic E-state index is 0.00994. The molecule has 0 radical (unpaired) electrons. The van der Waals surface area contributed by atoms with Crippen LogP contribution in [0.5, 0.6) is 11.5 Å². The van der Waals surface area contributed by atoms with Gasteiger partial charge in [-0.05, 0) is 67.4 Å².